The summed E-state index contributed by atoms with van der Waals surface area (Å²) in [7, 11) is 0. The second kappa shape index (κ2) is 11.0. The molecule has 49 heavy (non-hydrogen) atoms. The summed E-state index contributed by atoms with van der Waals surface area (Å²) >= 11 is 0. The topological polar surface area (TPSA) is 42.4 Å². The van der Waals surface area contributed by atoms with Crippen LogP contribution in [0.25, 0.3) is 77.2 Å². The molecule has 0 aliphatic carbocycles. The van der Waals surface area contributed by atoms with Crippen LogP contribution in [0.15, 0.2) is 179 Å². The van der Waals surface area contributed by atoms with Crippen LogP contribution in [-0.2, 0) is 0 Å². The van der Waals surface area contributed by atoms with E-state index in [0.29, 0.717) is 11.5 Å². The minimum Gasteiger partial charge on any atom is -0.454 e. The summed E-state index contributed by atoms with van der Waals surface area (Å²) in [5.74, 6) is 0.570. The number of para-hydroxylation sites is 2. The van der Waals surface area contributed by atoms with Crippen LogP contribution in [0, 0.1) is 0 Å². The number of hydrogen-bond donors (Lipinski definition) is 0. The number of oxazole rings is 1. The molecule has 230 valence electrons. The highest BCUT2D eigenvalue weighted by molar-refractivity contribution is 6.18. The number of anilines is 3. The highest BCUT2D eigenvalue weighted by Gasteiger charge is 2.26. The number of benzene rings is 8. The summed E-state index contributed by atoms with van der Waals surface area (Å²) in [5.41, 5.74) is 9.06. The van der Waals surface area contributed by atoms with Gasteiger partial charge >= 0.3 is 0 Å². The molecule has 0 bridgehead atoms. The Morgan fingerprint density at radius 2 is 1.06 bits per heavy atom. The van der Waals surface area contributed by atoms with Crippen molar-refractivity contribution in [1.82, 2.24) is 4.98 Å². The first-order valence-electron chi connectivity index (χ1n) is 16.5. The third-order valence-corrected chi connectivity index (χ3v) is 9.46. The van der Waals surface area contributed by atoms with Gasteiger partial charge in [-0.25, -0.2) is 4.98 Å². The Morgan fingerprint density at radius 1 is 0.429 bits per heavy atom. The van der Waals surface area contributed by atoms with Crippen LogP contribution < -0.4 is 4.90 Å². The van der Waals surface area contributed by atoms with Crippen molar-refractivity contribution in [2.75, 3.05) is 4.90 Å². The van der Waals surface area contributed by atoms with Gasteiger partial charge in [-0.3, -0.25) is 0 Å². The summed E-state index contributed by atoms with van der Waals surface area (Å²) in [6, 6.07) is 59.1. The van der Waals surface area contributed by atoms with E-state index in [0.717, 1.165) is 55.6 Å². The molecule has 0 fully saturated rings. The van der Waals surface area contributed by atoms with E-state index in [1.165, 1.54) is 27.1 Å². The molecule has 0 spiro atoms. The molecule has 0 unspecified atom stereocenters. The van der Waals surface area contributed by atoms with Gasteiger partial charge < -0.3 is 13.7 Å². The molecular formula is C45H28N2O2. The van der Waals surface area contributed by atoms with Crippen molar-refractivity contribution in [3.8, 4) is 22.6 Å². The molecule has 0 amide bonds. The van der Waals surface area contributed by atoms with Crippen LogP contribution in [0.2, 0.25) is 0 Å². The molecule has 10 aromatic rings. The summed E-state index contributed by atoms with van der Waals surface area (Å²) in [6.07, 6.45) is 0. The smallest absolute Gasteiger partial charge is 0.227 e. The Labute approximate surface area is 282 Å². The average Bonchev–Trinajstić information content (AvgIpc) is 3.77. The second-order valence-electron chi connectivity index (χ2n) is 12.3. The van der Waals surface area contributed by atoms with Crippen LogP contribution in [0.1, 0.15) is 0 Å². The van der Waals surface area contributed by atoms with Crippen LogP contribution in [-0.4, -0.2) is 4.98 Å². The first-order chi connectivity index (χ1) is 24.3. The van der Waals surface area contributed by atoms with Crippen molar-refractivity contribution in [3.63, 3.8) is 0 Å². The molecule has 2 heterocycles. The zero-order chi connectivity index (χ0) is 32.3. The van der Waals surface area contributed by atoms with Crippen molar-refractivity contribution < 1.29 is 8.83 Å². The summed E-state index contributed by atoms with van der Waals surface area (Å²) < 4.78 is 13.4. The number of hydrogen-bond acceptors (Lipinski definition) is 4. The lowest BCUT2D eigenvalue weighted by Gasteiger charge is -2.25. The standard InChI is InChI=1S/C45H28N2O2/c1-3-13-30(14-4-1)45-46-40-28-39-37-21-11-12-22-41(37)48-43(39)42(44(40)49-45)47(32-16-5-2-6-17-32)33-25-23-29(24-26-33)38-27-31-15-7-8-18-34(31)35-19-9-10-20-36(35)38/h1-28H. The molecule has 2 aromatic heterocycles. The van der Waals surface area contributed by atoms with Gasteiger partial charge in [0, 0.05) is 27.7 Å². The highest BCUT2D eigenvalue weighted by Crippen LogP contribution is 2.47. The minimum absolute atomic E-state index is 0.570. The highest BCUT2D eigenvalue weighted by atomic mass is 16.4. The molecule has 8 aromatic carbocycles. The summed E-state index contributed by atoms with van der Waals surface area (Å²) in [5, 5.41) is 7.01. The molecule has 0 radical (unpaired) electrons. The second-order valence-corrected chi connectivity index (χ2v) is 12.3. The van der Waals surface area contributed by atoms with Crippen molar-refractivity contribution >= 4 is 71.6 Å². The van der Waals surface area contributed by atoms with Gasteiger partial charge in [-0.05, 0) is 87.3 Å². The van der Waals surface area contributed by atoms with Gasteiger partial charge in [-0.15, -0.1) is 0 Å². The monoisotopic (exact) mass is 628 g/mol. The van der Waals surface area contributed by atoms with Gasteiger partial charge in [0.15, 0.2) is 11.2 Å². The van der Waals surface area contributed by atoms with E-state index >= 15 is 0 Å². The van der Waals surface area contributed by atoms with E-state index in [1.54, 1.807) is 0 Å². The van der Waals surface area contributed by atoms with E-state index in [4.69, 9.17) is 13.8 Å². The quantitative estimate of drug-likeness (QED) is 0.178. The normalized spacial score (nSPS) is 11.7. The Hall–Kier alpha value is -6.65. The third-order valence-electron chi connectivity index (χ3n) is 9.46. The van der Waals surface area contributed by atoms with Gasteiger partial charge in [0.2, 0.25) is 5.89 Å². The Balaban J connectivity index is 1.22. The zero-order valence-electron chi connectivity index (χ0n) is 26.4. The molecule has 0 saturated heterocycles. The molecule has 4 heteroatoms. The molecular weight excluding hydrogens is 601 g/mol. The maximum Gasteiger partial charge on any atom is 0.227 e. The summed E-state index contributed by atoms with van der Waals surface area (Å²) in [4.78, 5) is 7.25. The van der Waals surface area contributed by atoms with Crippen LogP contribution in [0.5, 0.6) is 0 Å². The number of aromatic nitrogens is 1. The van der Waals surface area contributed by atoms with E-state index in [2.05, 4.69) is 120 Å². The maximum absolute atomic E-state index is 6.68. The lowest BCUT2D eigenvalue weighted by molar-refractivity contribution is 0.618. The first kappa shape index (κ1) is 27.5. The Kier molecular flexibility index (Phi) is 6.15. The fourth-order valence-corrected chi connectivity index (χ4v) is 7.20. The largest absolute Gasteiger partial charge is 0.454 e. The van der Waals surface area contributed by atoms with E-state index in [1.807, 2.05) is 54.6 Å². The molecule has 0 saturated carbocycles. The number of fused-ring (bicyclic) bond motifs is 7. The Bertz CT molecular complexity index is 2820. The van der Waals surface area contributed by atoms with Crippen molar-refractivity contribution in [3.05, 3.63) is 170 Å². The average molecular weight is 629 g/mol. The van der Waals surface area contributed by atoms with E-state index in [-0.39, 0.29) is 0 Å². The molecule has 0 aliphatic rings. The fraction of sp³-hybridized carbons (Fsp3) is 0. The van der Waals surface area contributed by atoms with E-state index < -0.39 is 0 Å². The SMILES string of the molecule is c1ccc(-c2nc3cc4c(oc5ccccc54)c(N(c4ccccc4)c4ccc(-c5cc6ccccc6c6ccccc56)cc4)c3o2)cc1. The van der Waals surface area contributed by atoms with Gasteiger partial charge in [-0.2, -0.15) is 0 Å². The number of nitrogens with zero attached hydrogens (tertiary/aromatic N) is 2. The molecule has 10 rings (SSSR count). The molecule has 4 nitrogen and oxygen atoms in total. The van der Waals surface area contributed by atoms with E-state index in [9.17, 15) is 0 Å². The lowest BCUT2D eigenvalue weighted by Crippen LogP contribution is -2.10. The first-order valence-corrected chi connectivity index (χ1v) is 16.5. The van der Waals surface area contributed by atoms with Crippen molar-refractivity contribution in [2.24, 2.45) is 0 Å². The molecule has 0 N–H and O–H groups in total. The predicted octanol–water partition coefficient (Wildman–Crippen LogP) is 12.8. The van der Waals surface area contributed by atoms with Crippen LogP contribution >= 0.6 is 0 Å². The van der Waals surface area contributed by atoms with Gasteiger partial charge in [0.1, 0.15) is 16.8 Å². The van der Waals surface area contributed by atoms with Crippen LogP contribution in [0.4, 0.5) is 17.1 Å². The molecule has 0 aliphatic heterocycles. The summed E-state index contributed by atoms with van der Waals surface area (Å²) in [6.45, 7) is 0. The van der Waals surface area contributed by atoms with Crippen molar-refractivity contribution in [1.29, 1.82) is 0 Å². The fourth-order valence-electron chi connectivity index (χ4n) is 7.20. The van der Waals surface area contributed by atoms with Gasteiger partial charge in [0.05, 0.1) is 0 Å². The van der Waals surface area contributed by atoms with Gasteiger partial charge in [-0.1, -0.05) is 115 Å². The van der Waals surface area contributed by atoms with Crippen molar-refractivity contribution in [2.45, 2.75) is 0 Å². The number of furan rings is 1. The minimum atomic E-state index is 0.570. The maximum atomic E-state index is 6.68. The van der Waals surface area contributed by atoms with Gasteiger partial charge in [0.25, 0.3) is 0 Å². The molecule has 0 atom stereocenters. The Morgan fingerprint density at radius 3 is 1.86 bits per heavy atom. The lowest BCUT2D eigenvalue weighted by atomic mass is 9.93. The number of rotatable bonds is 5. The third kappa shape index (κ3) is 4.42. The van der Waals surface area contributed by atoms with Crippen LogP contribution in [0.3, 0.4) is 0 Å². The predicted molar refractivity (Wildman–Crippen MR) is 202 cm³/mol. The zero-order valence-corrected chi connectivity index (χ0v) is 26.4.